The first kappa shape index (κ1) is 18.9. The minimum absolute atomic E-state index is 0.0236. The van der Waals surface area contributed by atoms with Crippen LogP contribution in [0.25, 0.3) is 0 Å². The summed E-state index contributed by atoms with van der Waals surface area (Å²) in [5, 5.41) is 12.0. The van der Waals surface area contributed by atoms with Crippen molar-refractivity contribution in [2.75, 3.05) is 29.9 Å². The fraction of sp³-hybridized carbons (Fsp3) is 0.364. The van der Waals surface area contributed by atoms with Gasteiger partial charge < -0.3 is 10.2 Å². The summed E-state index contributed by atoms with van der Waals surface area (Å²) in [5.41, 5.74) is 3.74. The summed E-state index contributed by atoms with van der Waals surface area (Å²) in [4.78, 5) is 17.1. The first-order valence-electron chi connectivity index (χ1n) is 9.34. The monoisotopic (exact) mass is 362 g/mol. The van der Waals surface area contributed by atoms with Crippen molar-refractivity contribution < 1.29 is 4.79 Å². The summed E-state index contributed by atoms with van der Waals surface area (Å²) in [6, 6.07) is 18.3. The van der Waals surface area contributed by atoms with Crippen LogP contribution in [0.4, 0.5) is 11.4 Å². The number of nitrogens with zero attached hydrogens (tertiary/aromatic N) is 3. The van der Waals surface area contributed by atoms with Gasteiger partial charge in [0, 0.05) is 36.5 Å². The Hall–Kier alpha value is -2.84. The van der Waals surface area contributed by atoms with Crippen molar-refractivity contribution in [3.8, 4) is 6.07 Å². The van der Waals surface area contributed by atoms with Crippen LogP contribution >= 0.6 is 0 Å². The smallest absolute Gasteiger partial charge is 0.238 e. The van der Waals surface area contributed by atoms with Crippen molar-refractivity contribution in [3.63, 3.8) is 0 Å². The van der Waals surface area contributed by atoms with E-state index in [4.69, 9.17) is 5.26 Å². The Balaban J connectivity index is 1.61. The standard InChI is InChI=1S/C22H26N4O/c1-16-6-4-5-7-21(16)24-22(27)15-25-13-17(2)26(18(3)14-25)20-10-8-19(12-23)9-11-20/h4-11,17-18H,13-15H2,1-3H3,(H,24,27). The van der Waals surface area contributed by atoms with Crippen LogP contribution in [0.2, 0.25) is 0 Å². The van der Waals surface area contributed by atoms with Crippen molar-refractivity contribution in [1.29, 1.82) is 5.26 Å². The van der Waals surface area contributed by atoms with E-state index in [1.54, 1.807) is 0 Å². The zero-order chi connectivity index (χ0) is 19.4. The van der Waals surface area contributed by atoms with E-state index in [9.17, 15) is 4.79 Å². The zero-order valence-electron chi connectivity index (χ0n) is 16.1. The second kappa shape index (κ2) is 8.24. The topological polar surface area (TPSA) is 59.4 Å². The number of hydrogen-bond donors (Lipinski definition) is 1. The molecule has 0 bridgehead atoms. The molecule has 0 aromatic heterocycles. The van der Waals surface area contributed by atoms with Crippen molar-refractivity contribution in [2.45, 2.75) is 32.9 Å². The normalized spacial score (nSPS) is 20.1. The predicted octanol–water partition coefficient (Wildman–Crippen LogP) is 3.40. The number of amides is 1. The summed E-state index contributed by atoms with van der Waals surface area (Å²) < 4.78 is 0. The molecule has 1 fully saturated rings. The summed E-state index contributed by atoms with van der Waals surface area (Å²) in [5.74, 6) is 0.0236. The number of hydrogen-bond acceptors (Lipinski definition) is 4. The van der Waals surface area contributed by atoms with E-state index < -0.39 is 0 Å². The Bertz CT molecular complexity index is 828. The van der Waals surface area contributed by atoms with Crippen LogP contribution in [0, 0.1) is 18.3 Å². The van der Waals surface area contributed by atoms with E-state index in [1.807, 2.05) is 55.5 Å². The third-order valence-corrected chi connectivity index (χ3v) is 5.08. The molecule has 2 aromatic rings. The first-order chi connectivity index (χ1) is 13.0. The van der Waals surface area contributed by atoms with Gasteiger partial charge in [0.1, 0.15) is 0 Å². The highest BCUT2D eigenvalue weighted by Crippen LogP contribution is 2.25. The van der Waals surface area contributed by atoms with E-state index in [1.165, 1.54) is 0 Å². The Morgan fingerprint density at radius 3 is 2.33 bits per heavy atom. The van der Waals surface area contributed by atoms with Crippen LogP contribution in [0.5, 0.6) is 0 Å². The summed E-state index contributed by atoms with van der Waals surface area (Å²) in [6.07, 6.45) is 0. The molecule has 5 nitrogen and oxygen atoms in total. The van der Waals surface area contributed by atoms with Crippen molar-refractivity contribution in [2.24, 2.45) is 0 Å². The van der Waals surface area contributed by atoms with E-state index in [0.717, 1.165) is 30.0 Å². The quantitative estimate of drug-likeness (QED) is 0.906. The first-order valence-corrected chi connectivity index (χ1v) is 9.34. The molecular formula is C22H26N4O. The second-order valence-corrected chi connectivity index (χ2v) is 7.32. The van der Waals surface area contributed by atoms with Crippen LogP contribution in [-0.2, 0) is 4.79 Å². The van der Waals surface area contributed by atoms with Gasteiger partial charge in [0.05, 0.1) is 18.2 Å². The van der Waals surface area contributed by atoms with E-state index in [-0.39, 0.29) is 18.0 Å². The lowest BCUT2D eigenvalue weighted by atomic mass is 10.1. The minimum atomic E-state index is 0.0236. The van der Waals surface area contributed by atoms with Gasteiger partial charge in [-0.2, -0.15) is 5.26 Å². The van der Waals surface area contributed by atoms with Gasteiger partial charge in [0.15, 0.2) is 0 Å². The molecule has 27 heavy (non-hydrogen) atoms. The van der Waals surface area contributed by atoms with E-state index in [2.05, 4.69) is 35.0 Å². The number of para-hydroxylation sites is 1. The van der Waals surface area contributed by atoms with Crippen LogP contribution in [0.15, 0.2) is 48.5 Å². The maximum absolute atomic E-state index is 12.5. The number of rotatable bonds is 4. The predicted molar refractivity (Wildman–Crippen MR) is 109 cm³/mol. The summed E-state index contributed by atoms with van der Waals surface area (Å²) in [7, 11) is 0. The molecule has 2 atom stereocenters. The van der Waals surface area contributed by atoms with E-state index >= 15 is 0 Å². The summed E-state index contributed by atoms with van der Waals surface area (Å²) in [6.45, 7) is 8.40. The molecule has 1 aliphatic rings. The van der Waals surface area contributed by atoms with Gasteiger partial charge in [0.2, 0.25) is 5.91 Å². The number of carbonyl (C=O) groups excluding carboxylic acids is 1. The van der Waals surface area contributed by atoms with Crippen molar-refractivity contribution in [1.82, 2.24) is 4.90 Å². The average molecular weight is 362 g/mol. The second-order valence-electron chi connectivity index (χ2n) is 7.32. The molecule has 0 spiro atoms. The number of carbonyl (C=O) groups is 1. The van der Waals surface area contributed by atoms with Gasteiger partial charge >= 0.3 is 0 Å². The lowest BCUT2D eigenvalue weighted by Gasteiger charge is -2.45. The molecule has 1 amide bonds. The van der Waals surface area contributed by atoms with Crippen LogP contribution in [0.3, 0.4) is 0 Å². The van der Waals surface area contributed by atoms with Gasteiger partial charge in [-0.3, -0.25) is 9.69 Å². The molecule has 0 saturated carbocycles. The molecule has 1 aliphatic heterocycles. The minimum Gasteiger partial charge on any atom is -0.364 e. The lowest BCUT2D eigenvalue weighted by molar-refractivity contribution is -0.117. The molecule has 1 N–H and O–H groups in total. The molecule has 140 valence electrons. The highest BCUT2D eigenvalue weighted by atomic mass is 16.2. The van der Waals surface area contributed by atoms with Crippen LogP contribution in [0.1, 0.15) is 25.0 Å². The van der Waals surface area contributed by atoms with Crippen molar-refractivity contribution in [3.05, 3.63) is 59.7 Å². The molecule has 0 aliphatic carbocycles. The van der Waals surface area contributed by atoms with E-state index in [0.29, 0.717) is 12.1 Å². The van der Waals surface area contributed by atoms with Crippen molar-refractivity contribution >= 4 is 17.3 Å². The maximum Gasteiger partial charge on any atom is 0.238 e. The van der Waals surface area contributed by atoms with Crippen LogP contribution < -0.4 is 10.2 Å². The number of nitriles is 1. The third kappa shape index (κ3) is 4.47. The van der Waals surface area contributed by atoms with Gasteiger partial charge in [-0.25, -0.2) is 0 Å². The molecule has 5 heteroatoms. The molecule has 3 rings (SSSR count). The molecular weight excluding hydrogens is 336 g/mol. The SMILES string of the molecule is Cc1ccccc1NC(=O)CN1CC(C)N(c2ccc(C#N)cc2)C(C)C1. The molecule has 1 heterocycles. The number of benzene rings is 2. The maximum atomic E-state index is 12.5. The largest absolute Gasteiger partial charge is 0.364 e. The average Bonchev–Trinajstić information content (AvgIpc) is 2.63. The number of nitrogens with one attached hydrogen (secondary N) is 1. The summed E-state index contributed by atoms with van der Waals surface area (Å²) >= 11 is 0. The molecule has 2 unspecified atom stereocenters. The zero-order valence-corrected chi connectivity index (χ0v) is 16.1. The molecule has 0 radical (unpaired) electrons. The Labute approximate surface area is 161 Å². The Kier molecular flexibility index (Phi) is 5.78. The highest BCUT2D eigenvalue weighted by Gasteiger charge is 2.30. The molecule has 1 saturated heterocycles. The lowest BCUT2D eigenvalue weighted by Crippen LogP contribution is -2.58. The van der Waals surface area contributed by atoms with Gasteiger partial charge in [-0.1, -0.05) is 18.2 Å². The third-order valence-electron chi connectivity index (χ3n) is 5.08. The van der Waals surface area contributed by atoms with Gasteiger partial charge in [-0.05, 0) is 56.7 Å². The number of aryl methyl sites for hydroxylation is 1. The Morgan fingerprint density at radius 1 is 1.11 bits per heavy atom. The fourth-order valence-electron chi connectivity index (χ4n) is 3.88. The Morgan fingerprint density at radius 2 is 1.74 bits per heavy atom. The number of piperazine rings is 1. The number of anilines is 2. The van der Waals surface area contributed by atoms with Crippen LogP contribution in [-0.4, -0.2) is 42.5 Å². The van der Waals surface area contributed by atoms with Gasteiger partial charge in [0.25, 0.3) is 0 Å². The fourth-order valence-corrected chi connectivity index (χ4v) is 3.88. The molecule has 2 aromatic carbocycles. The highest BCUT2D eigenvalue weighted by molar-refractivity contribution is 5.92. The van der Waals surface area contributed by atoms with Gasteiger partial charge in [-0.15, -0.1) is 0 Å².